The number of fused-ring (bicyclic) bond motifs is 1. The quantitative estimate of drug-likeness (QED) is 0.750. The topological polar surface area (TPSA) is 56.4 Å². The summed E-state index contributed by atoms with van der Waals surface area (Å²) >= 11 is 0. The van der Waals surface area contributed by atoms with Crippen molar-refractivity contribution in [3.05, 3.63) is 53.7 Å². The monoisotopic (exact) mass is 339 g/mol. The summed E-state index contributed by atoms with van der Waals surface area (Å²) in [6.45, 7) is 7.64. The molecule has 1 aliphatic rings. The van der Waals surface area contributed by atoms with Gasteiger partial charge in [-0.05, 0) is 38.0 Å². The van der Waals surface area contributed by atoms with E-state index < -0.39 is 0 Å². The highest BCUT2D eigenvalue weighted by Gasteiger charge is 2.30. The maximum atomic E-state index is 5.97. The fourth-order valence-corrected chi connectivity index (χ4v) is 3.56. The average molecular weight is 339 g/mol. The lowest BCUT2D eigenvalue weighted by Gasteiger charge is -2.17. The molecule has 3 aromatic heterocycles. The number of aromatic nitrogens is 4. The second kappa shape index (κ2) is 6.98. The van der Waals surface area contributed by atoms with Gasteiger partial charge in [-0.25, -0.2) is 4.98 Å². The molecule has 0 bridgehead atoms. The zero-order valence-electron chi connectivity index (χ0n) is 14.9. The van der Waals surface area contributed by atoms with E-state index >= 15 is 0 Å². The van der Waals surface area contributed by atoms with Gasteiger partial charge in [0.25, 0.3) is 0 Å². The summed E-state index contributed by atoms with van der Waals surface area (Å²) in [4.78, 5) is 4.49. The summed E-state index contributed by atoms with van der Waals surface area (Å²) in [5, 5.41) is 7.97. The van der Waals surface area contributed by atoms with Gasteiger partial charge in [0.15, 0.2) is 0 Å². The van der Waals surface area contributed by atoms with Gasteiger partial charge in [0, 0.05) is 50.1 Å². The Kier molecular flexibility index (Phi) is 4.55. The second-order valence-electron chi connectivity index (χ2n) is 6.78. The molecule has 6 nitrogen and oxygen atoms in total. The fraction of sp³-hybridized carbons (Fsp3) is 0.474. The number of aryl methyl sites for hydroxylation is 2. The summed E-state index contributed by atoms with van der Waals surface area (Å²) < 4.78 is 10.1. The molecule has 1 saturated heterocycles. The van der Waals surface area contributed by atoms with Crippen LogP contribution in [-0.2, 0) is 17.8 Å². The van der Waals surface area contributed by atoms with E-state index in [1.54, 1.807) is 0 Å². The number of imidazole rings is 1. The van der Waals surface area contributed by atoms with Gasteiger partial charge in [-0.1, -0.05) is 0 Å². The summed E-state index contributed by atoms with van der Waals surface area (Å²) in [7, 11) is 0. The molecule has 0 saturated carbocycles. The maximum Gasteiger partial charge on any atom is 0.137 e. The molecule has 0 aliphatic carbocycles. The molecular weight excluding hydrogens is 314 g/mol. The van der Waals surface area contributed by atoms with Crippen molar-refractivity contribution in [1.29, 1.82) is 0 Å². The van der Waals surface area contributed by atoms with Crippen molar-refractivity contribution < 1.29 is 4.74 Å². The SMILES string of the molecule is CCn1cc(C2OCCC2CNCc2cnc3cc(C)ccn23)cn1. The third-order valence-electron chi connectivity index (χ3n) is 4.98. The molecular formula is C19H25N5O. The van der Waals surface area contributed by atoms with Crippen LogP contribution in [0, 0.1) is 12.8 Å². The van der Waals surface area contributed by atoms with E-state index in [4.69, 9.17) is 4.74 Å². The first-order chi connectivity index (χ1) is 12.2. The van der Waals surface area contributed by atoms with E-state index in [2.05, 4.69) is 58.2 Å². The summed E-state index contributed by atoms with van der Waals surface area (Å²) in [6.07, 6.45) is 9.33. The molecule has 0 amide bonds. The van der Waals surface area contributed by atoms with Crippen molar-refractivity contribution in [2.45, 2.75) is 39.5 Å². The van der Waals surface area contributed by atoms with Gasteiger partial charge in [-0.15, -0.1) is 0 Å². The number of nitrogens with zero attached hydrogens (tertiary/aromatic N) is 4. The van der Waals surface area contributed by atoms with E-state index in [1.807, 2.05) is 17.1 Å². The smallest absolute Gasteiger partial charge is 0.137 e. The molecule has 3 aromatic rings. The predicted octanol–water partition coefficient (Wildman–Crippen LogP) is 2.73. The van der Waals surface area contributed by atoms with Crippen LogP contribution in [0.1, 0.15) is 36.3 Å². The van der Waals surface area contributed by atoms with Gasteiger partial charge in [-0.2, -0.15) is 5.10 Å². The van der Waals surface area contributed by atoms with Gasteiger partial charge >= 0.3 is 0 Å². The van der Waals surface area contributed by atoms with Crippen LogP contribution in [0.4, 0.5) is 0 Å². The molecule has 2 atom stereocenters. The molecule has 4 heterocycles. The number of pyridine rings is 1. The highest BCUT2D eigenvalue weighted by Crippen LogP contribution is 2.33. The molecule has 0 aromatic carbocycles. The van der Waals surface area contributed by atoms with E-state index in [1.165, 1.54) is 16.8 Å². The molecule has 1 N–H and O–H groups in total. The number of hydrogen-bond donors (Lipinski definition) is 1. The number of hydrogen-bond acceptors (Lipinski definition) is 4. The number of nitrogens with one attached hydrogen (secondary N) is 1. The van der Waals surface area contributed by atoms with E-state index in [0.717, 1.165) is 38.3 Å². The Labute approximate surface area is 147 Å². The van der Waals surface area contributed by atoms with Crippen LogP contribution in [0.3, 0.4) is 0 Å². The van der Waals surface area contributed by atoms with Crippen LogP contribution in [0.5, 0.6) is 0 Å². The van der Waals surface area contributed by atoms with Gasteiger partial charge in [0.1, 0.15) is 5.65 Å². The van der Waals surface area contributed by atoms with Crippen molar-refractivity contribution in [3.8, 4) is 0 Å². The largest absolute Gasteiger partial charge is 0.373 e. The maximum absolute atomic E-state index is 5.97. The van der Waals surface area contributed by atoms with Gasteiger partial charge in [-0.3, -0.25) is 4.68 Å². The first-order valence-electron chi connectivity index (χ1n) is 9.02. The molecule has 1 aliphatic heterocycles. The van der Waals surface area contributed by atoms with Crippen molar-refractivity contribution in [2.24, 2.45) is 5.92 Å². The highest BCUT2D eigenvalue weighted by molar-refractivity contribution is 5.42. The lowest BCUT2D eigenvalue weighted by atomic mass is 9.97. The van der Waals surface area contributed by atoms with E-state index in [0.29, 0.717) is 5.92 Å². The predicted molar refractivity (Wildman–Crippen MR) is 96.3 cm³/mol. The lowest BCUT2D eigenvalue weighted by Crippen LogP contribution is -2.25. The molecule has 0 radical (unpaired) electrons. The zero-order chi connectivity index (χ0) is 17.2. The average Bonchev–Trinajstić information content (AvgIpc) is 3.33. The standard InChI is InChI=1S/C19H25N5O/c1-3-23-13-16(10-22-23)19-15(5-7-25-19)9-20-11-17-12-21-18-8-14(2)4-6-24(17)18/h4,6,8,10,12-13,15,19-20H,3,5,7,9,11H2,1-2H3. The van der Waals surface area contributed by atoms with Crippen LogP contribution in [0.15, 0.2) is 36.9 Å². The van der Waals surface area contributed by atoms with Crippen molar-refractivity contribution >= 4 is 5.65 Å². The van der Waals surface area contributed by atoms with Crippen molar-refractivity contribution in [1.82, 2.24) is 24.5 Å². The Morgan fingerprint density at radius 2 is 2.28 bits per heavy atom. The molecule has 132 valence electrons. The molecule has 25 heavy (non-hydrogen) atoms. The van der Waals surface area contributed by atoms with E-state index in [9.17, 15) is 0 Å². The second-order valence-corrected chi connectivity index (χ2v) is 6.78. The molecule has 4 rings (SSSR count). The first kappa shape index (κ1) is 16.3. The molecule has 0 spiro atoms. The van der Waals surface area contributed by atoms with Gasteiger partial charge in [0.05, 0.1) is 24.2 Å². The zero-order valence-corrected chi connectivity index (χ0v) is 14.9. The first-order valence-corrected chi connectivity index (χ1v) is 9.02. The third kappa shape index (κ3) is 3.32. The van der Waals surface area contributed by atoms with Gasteiger partial charge < -0.3 is 14.5 Å². The van der Waals surface area contributed by atoms with Crippen LogP contribution in [0.2, 0.25) is 0 Å². The minimum atomic E-state index is 0.151. The third-order valence-corrected chi connectivity index (χ3v) is 4.98. The number of ether oxygens (including phenoxy) is 1. The Hall–Kier alpha value is -2.18. The Balaban J connectivity index is 1.38. The fourth-order valence-electron chi connectivity index (χ4n) is 3.56. The van der Waals surface area contributed by atoms with Crippen LogP contribution >= 0.6 is 0 Å². The minimum absolute atomic E-state index is 0.151. The van der Waals surface area contributed by atoms with Gasteiger partial charge in [0.2, 0.25) is 0 Å². The summed E-state index contributed by atoms with van der Waals surface area (Å²) in [6, 6.07) is 4.22. The highest BCUT2D eigenvalue weighted by atomic mass is 16.5. The van der Waals surface area contributed by atoms with Crippen LogP contribution in [-0.4, -0.2) is 32.3 Å². The van der Waals surface area contributed by atoms with Crippen LogP contribution in [0.25, 0.3) is 5.65 Å². The van der Waals surface area contributed by atoms with Crippen LogP contribution < -0.4 is 5.32 Å². The lowest BCUT2D eigenvalue weighted by molar-refractivity contribution is 0.0903. The molecule has 1 fully saturated rings. The Morgan fingerprint density at radius 3 is 3.12 bits per heavy atom. The molecule has 2 unspecified atom stereocenters. The van der Waals surface area contributed by atoms with E-state index in [-0.39, 0.29) is 6.10 Å². The minimum Gasteiger partial charge on any atom is -0.373 e. The van der Waals surface area contributed by atoms with Crippen molar-refractivity contribution in [2.75, 3.05) is 13.2 Å². The Morgan fingerprint density at radius 1 is 1.36 bits per heavy atom. The Bertz CT molecular complexity index is 852. The normalized spacial score (nSPS) is 20.6. The van der Waals surface area contributed by atoms with Crippen molar-refractivity contribution in [3.63, 3.8) is 0 Å². The molecule has 6 heteroatoms. The summed E-state index contributed by atoms with van der Waals surface area (Å²) in [5.41, 5.74) is 4.61. The summed E-state index contributed by atoms with van der Waals surface area (Å²) in [5.74, 6) is 0.482. The number of rotatable bonds is 6.